The van der Waals surface area contributed by atoms with E-state index in [2.05, 4.69) is 4.90 Å². The molecule has 0 atom stereocenters. The number of thiophene rings is 1. The number of rotatable bonds is 5. The van der Waals surface area contributed by atoms with E-state index >= 15 is 0 Å². The van der Waals surface area contributed by atoms with Gasteiger partial charge in [0.2, 0.25) is 0 Å². The quantitative estimate of drug-likeness (QED) is 0.595. The van der Waals surface area contributed by atoms with E-state index < -0.39 is 0 Å². The molecule has 0 aliphatic carbocycles. The lowest BCUT2D eigenvalue weighted by molar-refractivity contribution is 0.322. The Balaban J connectivity index is 0.00000196. The van der Waals surface area contributed by atoms with Gasteiger partial charge < -0.3 is 19.5 Å². The summed E-state index contributed by atoms with van der Waals surface area (Å²) in [6.07, 6.45) is 2.41. The number of benzene rings is 2. The fourth-order valence-corrected chi connectivity index (χ4v) is 4.41. The summed E-state index contributed by atoms with van der Waals surface area (Å²) in [5.41, 5.74) is 0. The van der Waals surface area contributed by atoms with E-state index in [-0.39, 0.29) is 18.2 Å². The highest BCUT2D eigenvalue weighted by molar-refractivity contribution is 7.23. The van der Waals surface area contributed by atoms with Crippen molar-refractivity contribution in [3.05, 3.63) is 42.5 Å². The Morgan fingerprint density at radius 2 is 1.81 bits per heavy atom. The third-order valence-corrected chi connectivity index (χ3v) is 5.56. The SMILES string of the molecule is CCOc1ccccc1Oc1c(N2CCCC2)sc2cc(O)ccc12.Cl. The van der Waals surface area contributed by atoms with Gasteiger partial charge in [-0.05, 0) is 50.1 Å². The van der Waals surface area contributed by atoms with Crippen LogP contribution in [0.4, 0.5) is 5.00 Å². The van der Waals surface area contributed by atoms with Crippen molar-refractivity contribution in [2.45, 2.75) is 19.8 Å². The molecule has 2 heterocycles. The minimum absolute atomic E-state index is 0. The lowest BCUT2D eigenvalue weighted by Crippen LogP contribution is -2.16. The Morgan fingerprint density at radius 3 is 2.54 bits per heavy atom. The molecule has 1 aliphatic rings. The molecule has 1 aromatic heterocycles. The summed E-state index contributed by atoms with van der Waals surface area (Å²) in [5, 5.41) is 12.0. The van der Waals surface area contributed by atoms with Gasteiger partial charge in [0.05, 0.1) is 6.61 Å². The van der Waals surface area contributed by atoms with Crippen LogP contribution in [0.3, 0.4) is 0 Å². The van der Waals surface area contributed by atoms with Gasteiger partial charge in [-0.1, -0.05) is 12.1 Å². The lowest BCUT2D eigenvalue weighted by atomic mass is 10.2. The highest BCUT2D eigenvalue weighted by atomic mass is 35.5. The number of phenolic OH excluding ortho intramolecular Hbond substituents is 1. The van der Waals surface area contributed by atoms with Crippen LogP contribution in [-0.4, -0.2) is 24.8 Å². The Morgan fingerprint density at radius 1 is 1.08 bits per heavy atom. The lowest BCUT2D eigenvalue weighted by Gasteiger charge is -2.18. The molecule has 0 spiro atoms. The van der Waals surface area contributed by atoms with Gasteiger partial charge in [0, 0.05) is 23.2 Å². The average Bonchev–Trinajstić information content (AvgIpc) is 3.25. The maximum atomic E-state index is 9.83. The fourth-order valence-electron chi connectivity index (χ4n) is 3.19. The summed E-state index contributed by atoms with van der Waals surface area (Å²) >= 11 is 1.67. The van der Waals surface area contributed by atoms with Crippen LogP contribution in [-0.2, 0) is 0 Å². The second kappa shape index (κ2) is 8.06. The summed E-state index contributed by atoms with van der Waals surface area (Å²) < 4.78 is 13.1. The van der Waals surface area contributed by atoms with Crippen LogP contribution >= 0.6 is 23.7 Å². The molecule has 138 valence electrons. The van der Waals surface area contributed by atoms with Crippen molar-refractivity contribution in [2.75, 3.05) is 24.6 Å². The molecule has 0 bridgehead atoms. The molecule has 0 unspecified atom stereocenters. The molecule has 1 aliphatic heterocycles. The molecule has 1 N–H and O–H groups in total. The van der Waals surface area contributed by atoms with Crippen molar-refractivity contribution in [1.29, 1.82) is 0 Å². The van der Waals surface area contributed by atoms with Gasteiger partial charge in [0.15, 0.2) is 17.2 Å². The van der Waals surface area contributed by atoms with Crippen LogP contribution in [0.2, 0.25) is 0 Å². The zero-order valence-corrected chi connectivity index (χ0v) is 16.2. The van der Waals surface area contributed by atoms with Crippen LogP contribution in [0.5, 0.6) is 23.0 Å². The van der Waals surface area contributed by atoms with Gasteiger partial charge in [0.1, 0.15) is 10.8 Å². The monoisotopic (exact) mass is 391 g/mol. The first-order chi connectivity index (χ1) is 12.3. The summed E-state index contributed by atoms with van der Waals surface area (Å²) in [6, 6.07) is 13.2. The maximum Gasteiger partial charge on any atom is 0.169 e. The van der Waals surface area contributed by atoms with Crippen molar-refractivity contribution in [3.8, 4) is 23.0 Å². The zero-order chi connectivity index (χ0) is 17.2. The Hall–Kier alpha value is -2.11. The van der Waals surface area contributed by atoms with Gasteiger partial charge in [0.25, 0.3) is 0 Å². The van der Waals surface area contributed by atoms with Crippen molar-refractivity contribution in [2.24, 2.45) is 0 Å². The van der Waals surface area contributed by atoms with Crippen LogP contribution in [0.15, 0.2) is 42.5 Å². The highest BCUT2D eigenvalue weighted by Crippen LogP contribution is 2.49. The number of hydrogen-bond acceptors (Lipinski definition) is 5. The number of anilines is 1. The zero-order valence-electron chi connectivity index (χ0n) is 14.6. The molecule has 4 rings (SSSR count). The minimum Gasteiger partial charge on any atom is -0.508 e. The summed E-state index contributed by atoms with van der Waals surface area (Å²) in [5.74, 6) is 2.60. The number of nitrogens with zero attached hydrogens (tertiary/aromatic N) is 1. The van der Waals surface area contributed by atoms with Crippen molar-refractivity contribution < 1.29 is 14.6 Å². The number of ether oxygens (including phenoxy) is 2. The number of hydrogen-bond donors (Lipinski definition) is 1. The average molecular weight is 392 g/mol. The van der Waals surface area contributed by atoms with Crippen LogP contribution < -0.4 is 14.4 Å². The molecule has 26 heavy (non-hydrogen) atoms. The van der Waals surface area contributed by atoms with Gasteiger partial charge in [-0.15, -0.1) is 23.7 Å². The first-order valence-corrected chi connectivity index (χ1v) is 9.48. The first kappa shape index (κ1) is 18.7. The van der Waals surface area contributed by atoms with Gasteiger partial charge in [-0.25, -0.2) is 0 Å². The Bertz CT molecular complexity index is 890. The van der Waals surface area contributed by atoms with Crippen molar-refractivity contribution in [3.63, 3.8) is 0 Å². The largest absolute Gasteiger partial charge is 0.508 e. The van der Waals surface area contributed by atoms with E-state index in [1.165, 1.54) is 12.8 Å². The normalized spacial score (nSPS) is 13.7. The number of para-hydroxylation sites is 2. The summed E-state index contributed by atoms with van der Waals surface area (Å²) in [4.78, 5) is 2.38. The van der Waals surface area contributed by atoms with E-state index in [1.54, 1.807) is 23.5 Å². The predicted octanol–water partition coefficient (Wildman–Crippen LogP) is 5.82. The minimum atomic E-state index is 0. The molecule has 0 amide bonds. The van der Waals surface area contributed by atoms with E-state index in [0.29, 0.717) is 6.61 Å². The molecular weight excluding hydrogens is 370 g/mol. The van der Waals surface area contributed by atoms with Gasteiger partial charge in [-0.3, -0.25) is 0 Å². The number of aromatic hydroxyl groups is 1. The Kier molecular flexibility index (Phi) is 5.79. The first-order valence-electron chi connectivity index (χ1n) is 8.66. The number of phenols is 1. The van der Waals surface area contributed by atoms with Crippen molar-refractivity contribution >= 4 is 38.8 Å². The smallest absolute Gasteiger partial charge is 0.169 e. The summed E-state index contributed by atoms with van der Waals surface area (Å²) in [6.45, 7) is 4.65. The van der Waals surface area contributed by atoms with Crippen molar-refractivity contribution in [1.82, 2.24) is 0 Å². The highest BCUT2D eigenvalue weighted by Gasteiger charge is 2.23. The standard InChI is InChI=1S/C20H21NO3S.ClH/c1-2-23-16-7-3-4-8-17(16)24-19-15-10-9-14(22)13-18(15)25-20(19)21-11-5-6-12-21;/h3-4,7-10,13,22H,2,5-6,11-12H2,1H3;1H. The maximum absolute atomic E-state index is 9.83. The molecule has 1 fully saturated rings. The third kappa shape index (κ3) is 3.55. The molecular formula is C20H22ClNO3S. The second-order valence-corrected chi connectivity index (χ2v) is 7.12. The van der Waals surface area contributed by atoms with Gasteiger partial charge >= 0.3 is 0 Å². The van der Waals surface area contributed by atoms with E-state index in [9.17, 15) is 5.11 Å². The van der Waals surface area contributed by atoms with E-state index in [4.69, 9.17) is 9.47 Å². The number of fused-ring (bicyclic) bond motifs is 1. The van der Waals surface area contributed by atoms with Crippen LogP contribution in [0, 0.1) is 0 Å². The van der Waals surface area contributed by atoms with Crippen LogP contribution in [0.1, 0.15) is 19.8 Å². The molecule has 4 nitrogen and oxygen atoms in total. The molecule has 0 saturated carbocycles. The topological polar surface area (TPSA) is 41.9 Å². The second-order valence-electron chi connectivity index (χ2n) is 6.09. The van der Waals surface area contributed by atoms with Crippen LogP contribution in [0.25, 0.3) is 10.1 Å². The molecule has 2 aromatic carbocycles. The molecule has 6 heteroatoms. The van der Waals surface area contributed by atoms with Gasteiger partial charge in [-0.2, -0.15) is 0 Å². The molecule has 3 aromatic rings. The fraction of sp³-hybridized carbons (Fsp3) is 0.300. The number of halogens is 1. The summed E-state index contributed by atoms with van der Waals surface area (Å²) in [7, 11) is 0. The molecule has 0 radical (unpaired) electrons. The van der Waals surface area contributed by atoms with E-state index in [1.807, 2.05) is 37.3 Å². The molecule has 1 saturated heterocycles. The predicted molar refractivity (Wildman–Crippen MR) is 110 cm³/mol. The van der Waals surface area contributed by atoms with E-state index in [0.717, 1.165) is 45.4 Å². The third-order valence-electron chi connectivity index (χ3n) is 4.36. The Labute approximate surface area is 163 Å².